The Morgan fingerprint density at radius 2 is 2.07 bits per heavy atom. The second-order valence-electron chi connectivity index (χ2n) is 3.20. The van der Waals surface area contributed by atoms with Crippen molar-refractivity contribution in [1.29, 1.82) is 0 Å². The molecule has 0 spiro atoms. The zero-order valence-corrected chi connectivity index (χ0v) is 9.44. The van der Waals surface area contributed by atoms with Crippen molar-refractivity contribution in [2.45, 2.75) is 6.10 Å². The normalized spacial score (nSPS) is 12.2. The molecule has 0 heterocycles. The molecule has 0 saturated carbocycles. The highest BCUT2D eigenvalue weighted by molar-refractivity contribution is 6.30. The molecule has 0 aliphatic carbocycles. The lowest BCUT2D eigenvalue weighted by atomic mass is 10.1. The predicted octanol–water partition coefficient (Wildman–Crippen LogP) is 2.64. The fourth-order valence-electron chi connectivity index (χ4n) is 1.27. The minimum Gasteiger partial charge on any atom is -0.375 e. The Morgan fingerprint density at radius 1 is 1.47 bits per heavy atom. The molecule has 0 amide bonds. The summed E-state index contributed by atoms with van der Waals surface area (Å²) >= 11 is 5.77. The molecule has 82 valence electrons. The van der Waals surface area contributed by atoms with Crippen LogP contribution in [0.25, 0.3) is 0 Å². The summed E-state index contributed by atoms with van der Waals surface area (Å²) in [6, 6.07) is 7.32. The molecule has 0 aliphatic rings. The minimum atomic E-state index is -0.176. The van der Waals surface area contributed by atoms with E-state index in [2.05, 4.69) is 5.29 Å². The molecule has 0 bridgehead atoms. The minimum absolute atomic E-state index is 0.176. The molecule has 1 aromatic rings. The fourth-order valence-corrected chi connectivity index (χ4v) is 1.39. The molecule has 15 heavy (non-hydrogen) atoms. The largest absolute Gasteiger partial charge is 0.375 e. The van der Waals surface area contributed by atoms with E-state index < -0.39 is 0 Å². The van der Waals surface area contributed by atoms with Crippen molar-refractivity contribution in [3.05, 3.63) is 39.8 Å². The molecule has 1 aromatic carbocycles. The van der Waals surface area contributed by atoms with E-state index in [0.717, 1.165) is 5.56 Å². The van der Waals surface area contributed by atoms with Crippen LogP contribution in [0.15, 0.2) is 29.6 Å². The Bertz CT molecular complexity index is 316. The number of nitrogens with zero attached hydrogens (tertiary/aromatic N) is 2. The van der Waals surface area contributed by atoms with Crippen molar-refractivity contribution in [2.75, 3.05) is 20.7 Å². The average molecular weight is 229 g/mol. The number of rotatable bonds is 5. The van der Waals surface area contributed by atoms with Gasteiger partial charge in [0.15, 0.2) is 0 Å². The van der Waals surface area contributed by atoms with Gasteiger partial charge in [-0.05, 0) is 17.7 Å². The monoisotopic (exact) mass is 228 g/mol. The molecule has 1 atom stereocenters. The summed E-state index contributed by atoms with van der Waals surface area (Å²) in [7, 11) is 3.20. The van der Waals surface area contributed by atoms with Crippen molar-refractivity contribution in [3.8, 4) is 0 Å². The first-order chi connectivity index (χ1) is 7.17. The third-order valence-corrected chi connectivity index (χ3v) is 2.35. The number of hydrogen-bond donors (Lipinski definition) is 0. The summed E-state index contributed by atoms with van der Waals surface area (Å²) in [6.45, 7) is 0.418. The molecular formula is C10H13ClN2O2. The van der Waals surface area contributed by atoms with Crippen LogP contribution < -0.4 is 0 Å². The number of nitroso groups, excluding NO2 is 1. The predicted molar refractivity (Wildman–Crippen MR) is 59.6 cm³/mol. The zero-order valence-electron chi connectivity index (χ0n) is 8.68. The summed E-state index contributed by atoms with van der Waals surface area (Å²) in [5, 5.41) is 4.77. The van der Waals surface area contributed by atoms with E-state index in [0.29, 0.717) is 11.6 Å². The zero-order chi connectivity index (χ0) is 11.3. The van der Waals surface area contributed by atoms with Crippen molar-refractivity contribution < 1.29 is 4.74 Å². The van der Waals surface area contributed by atoms with Gasteiger partial charge in [-0.2, -0.15) is 0 Å². The van der Waals surface area contributed by atoms with E-state index in [1.54, 1.807) is 26.3 Å². The molecule has 4 nitrogen and oxygen atoms in total. The van der Waals surface area contributed by atoms with Crippen LogP contribution >= 0.6 is 11.6 Å². The van der Waals surface area contributed by atoms with Crippen molar-refractivity contribution in [3.63, 3.8) is 0 Å². The number of benzene rings is 1. The molecule has 0 N–H and O–H groups in total. The quantitative estimate of drug-likeness (QED) is 0.575. The first-order valence-corrected chi connectivity index (χ1v) is 4.88. The highest BCUT2D eigenvalue weighted by Gasteiger charge is 2.12. The van der Waals surface area contributed by atoms with Gasteiger partial charge in [-0.15, -0.1) is 4.91 Å². The average Bonchev–Trinajstić information content (AvgIpc) is 2.27. The molecule has 0 fully saturated rings. The maximum Gasteiger partial charge on any atom is 0.101 e. The van der Waals surface area contributed by atoms with E-state index in [9.17, 15) is 4.91 Å². The molecule has 0 radical (unpaired) electrons. The molecule has 0 aliphatic heterocycles. The van der Waals surface area contributed by atoms with Crippen LogP contribution in [-0.4, -0.2) is 25.7 Å². The number of likely N-dealkylation sites (N-methyl/N-ethyl adjacent to an activating group) is 1. The van der Waals surface area contributed by atoms with Gasteiger partial charge in [0.1, 0.15) is 6.10 Å². The number of methoxy groups -OCH3 is 1. The van der Waals surface area contributed by atoms with Gasteiger partial charge in [0.25, 0.3) is 0 Å². The van der Waals surface area contributed by atoms with Crippen LogP contribution in [0, 0.1) is 4.91 Å². The molecule has 5 heteroatoms. The maximum absolute atomic E-state index is 10.2. The summed E-state index contributed by atoms with van der Waals surface area (Å²) < 4.78 is 5.27. The Morgan fingerprint density at radius 3 is 2.53 bits per heavy atom. The van der Waals surface area contributed by atoms with Crippen LogP contribution in [0.4, 0.5) is 0 Å². The van der Waals surface area contributed by atoms with Crippen LogP contribution in [0.2, 0.25) is 5.02 Å². The van der Waals surface area contributed by atoms with Gasteiger partial charge in [0, 0.05) is 19.2 Å². The van der Waals surface area contributed by atoms with Gasteiger partial charge in [-0.1, -0.05) is 23.7 Å². The molecule has 0 aromatic heterocycles. The first-order valence-electron chi connectivity index (χ1n) is 4.50. The van der Waals surface area contributed by atoms with Gasteiger partial charge in [-0.3, -0.25) is 5.01 Å². The van der Waals surface area contributed by atoms with Gasteiger partial charge < -0.3 is 4.74 Å². The summed E-state index contributed by atoms with van der Waals surface area (Å²) in [4.78, 5) is 10.2. The van der Waals surface area contributed by atoms with Gasteiger partial charge >= 0.3 is 0 Å². The van der Waals surface area contributed by atoms with E-state index in [1.807, 2.05) is 12.1 Å². The lowest BCUT2D eigenvalue weighted by Crippen LogP contribution is -2.20. The van der Waals surface area contributed by atoms with Crippen molar-refractivity contribution in [2.24, 2.45) is 5.29 Å². The molecular weight excluding hydrogens is 216 g/mol. The Balaban J connectivity index is 2.73. The van der Waals surface area contributed by atoms with Gasteiger partial charge in [-0.25, -0.2) is 0 Å². The van der Waals surface area contributed by atoms with E-state index in [1.165, 1.54) is 5.01 Å². The van der Waals surface area contributed by atoms with E-state index >= 15 is 0 Å². The first kappa shape index (κ1) is 11.9. The lowest BCUT2D eigenvalue weighted by molar-refractivity contribution is 0.0720. The van der Waals surface area contributed by atoms with Gasteiger partial charge in [0.2, 0.25) is 0 Å². The molecule has 1 rings (SSSR count). The highest BCUT2D eigenvalue weighted by atomic mass is 35.5. The topological polar surface area (TPSA) is 41.9 Å². The highest BCUT2D eigenvalue weighted by Crippen LogP contribution is 2.19. The Hall–Kier alpha value is -1.13. The Kier molecular flexibility index (Phi) is 4.52. The lowest BCUT2D eigenvalue weighted by Gasteiger charge is -2.18. The number of halogens is 1. The van der Waals surface area contributed by atoms with Crippen LogP contribution in [0.3, 0.4) is 0 Å². The van der Waals surface area contributed by atoms with Crippen molar-refractivity contribution >= 4 is 11.6 Å². The summed E-state index contributed by atoms with van der Waals surface area (Å²) in [5.41, 5.74) is 0.970. The Labute approximate surface area is 93.7 Å². The van der Waals surface area contributed by atoms with Gasteiger partial charge in [0.05, 0.1) is 11.8 Å². The SMILES string of the molecule is COC(CN(C)N=O)c1ccc(Cl)cc1. The van der Waals surface area contributed by atoms with Crippen LogP contribution in [0.1, 0.15) is 11.7 Å². The van der Waals surface area contributed by atoms with Crippen LogP contribution in [-0.2, 0) is 4.74 Å². The molecule has 1 unspecified atom stereocenters. The summed E-state index contributed by atoms with van der Waals surface area (Å²) in [5.74, 6) is 0. The second-order valence-corrected chi connectivity index (χ2v) is 3.63. The summed E-state index contributed by atoms with van der Waals surface area (Å²) in [6.07, 6.45) is -0.176. The second kappa shape index (κ2) is 5.68. The molecule has 0 saturated heterocycles. The van der Waals surface area contributed by atoms with E-state index in [4.69, 9.17) is 16.3 Å². The standard InChI is InChI=1S/C10H13ClN2O2/c1-13(12-14)7-10(15-2)8-3-5-9(11)6-4-8/h3-6,10H,7H2,1-2H3. The number of hydrogen-bond acceptors (Lipinski definition) is 3. The van der Waals surface area contributed by atoms with E-state index in [-0.39, 0.29) is 6.10 Å². The van der Waals surface area contributed by atoms with Crippen molar-refractivity contribution in [1.82, 2.24) is 5.01 Å². The van der Waals surface area contributed by atoms with Crippen LogP contribution in [0.5, 0.6) is 0 Å². The third-order valence-electron chi connectivity index (χ3n) is 2.10. The number of ether oxygens (including phenoxy) is 1. The third kappa shape index (κ3) is 3.49. The smallest absolute Gasteiger partial charge is 0.101 e. The fraction of sp³-hybridized carbons (Fsp3) is 0.400. The maximum atomic E-state index is 10.2.